The first-order valence-electron chi connectivity index (χ1n) is 19.7. The Labute approximate surface area is 297 Å². The molecule has 5 aliphatic carbocycles. The number of benzene rings is 1. The number of carboxylic acids is 1. The number of fused-ring (bicyclic) bond motifs is 7. The van der Waals surface area contributed by atoms with Gasteiger partial charge in [0.15, 0.2) is 9.84 Å². The maximum absolute atomic E-state index is 12.0. The van der Waals surface area contributed by atoms with E-state index in [-0.39, 0.29) is 16.4 Å². The summed E-state index contributed by atoms with van der Waals surface area (Å²) < 4.78 is 24.1. The molecule has 272 valence electrons. The summed E-state index contributed by atoms with van der Waals surface area (Å²) in [5.41, 5.74) is 4.05. The maximum atomic E-state index is 12.0. The molecule has 1 aromatic carbocycles. The number of rotatable bonds is 7. The van der Waals surface area contributed by atoms with Gasteiger partial charge < -0.3 is 15.3 Å². The van der Waals surface area contributed by atoms with E-state index in [4.69, 9.17) is 0 Å². The van der Waals surface area contributed by atoms with Crippen LogP contribution in [0, 0.1) is 57.2 Å². The van der Waals surface area contributed by atoms with E-state index in [9.17, 15) is 18.3 Å². The molecule has 0 radical (unpaired) electrons. The van der Waals surface area contributed by atoms with Crippen molar-refractivity contribution in [3.05, 3.63) is 41.5 Å². The van der Waals surface area contributed by atoms with Gasteiger partial charge in [0.05, 0.1) is 17.1 Å². The minimum atomic E-state index is -2.85. The minimum absolute atomic E-state index is 0.0230. The van der Waals surface area contributed by atoms with Crippen molar-refractivity contribution in [2.75, 3.05) is 37.7 Å². The number of hydrogen-bond acceptors (Lipinski definition) is 5. The van der Waals surface area contributed by atoms with Gasteiger partial charge in [0, 0.05) is 31.7 Å². The van der Waals surface area contributed by atoms with Crippen LogP contribution in [0.3, 0.4) is 0 Å². The zero-order chi connectivity index (χ0) is 35.2. The second-order valence-electron chi connectivity index (χ2n) is 19.1. The molecule has 6 aliphatic rings. The predicted octanol–water partition coefficient (Wildman–Crippen LogP) is 8.19. The molecule has 9 atom stereocenters. The number of allylic oxidation sites excluding steroid dienone is 2. The normalized spacial score (nSPS) is 42.8. The fourth-order valence-electron chi connectivity index (χ4n) is 14.0. The average molecular weight is 693 g/mol. The topological polar surface area (TPSA) is 86.7 Å². The van der Waals surface area contributed by atoms with Gasteiger partial charge in [0.25, 0.3) is 0 Å². The van der Waals surface area contributed by atoms with Gasteiger partial charge in [-0.3, -0.25) is 0 Å². The first kappa shape index (κ1) is 35.7. The molecule has 0 spiro atoms. The summed E-state index contributed by atoms with van der Waals surface area (Å²) in [6.07, 6.45) is 14.1. The second kappa shape index (κ2) is 12.2. The molecule has 0 amide bonds. The molecule has 6 nitrogen and oxygen atoms in total. The van der Waals surface area contributed by atoms with Gasteiger partial charge in [-0.1, -0.05) is 66.7 Å². The molecule has 1 saturated heterocycles. The van der Waals surface area contributed by atoms with Crippen LogP contribution in [0.1, 0.15) is 122 Å². The van der Waals surface area contributed by atoms with Gasteiger partial charge in [0.1, 0.15) is 0 Å². The van der Waals surface area contributed by atoms with Crippen molar-refractivity contribution in [1.82, 2.24) is 10.2 Å². The molecule has 49 heavy (non-hydrogen) atoms. The van der Waals surface area contributed by atoms with Crippen LogP contribution in [0.5, 0.6) is 0 Å². The number of nitrogens with one attached hydrogen (secondary N) is 1. The van der Waals surface area contributed by atoms with Gasteiger partial charge in [-0.15, -0.1) is 0 Å². The Balaban J connectivity index is 1.14. The van der Waals surface area contributed by atoms with E-state index in [0.29, 0.717) is 64.7 Å². The van der Waals surface area contributed by atoms with Crippen LogP contribution in [-0.4, -0.2) is 67.6 Å². The van der Waals surface area contributed by atoms with E-state index in [1.807, 2.05) is 12.1 Å². The number of aromatic carboxylic acids is 1. The van der Waals surface area contributed by atoms with Crippen LogP contribution < -0.4 is 5.32 Å². The molecule has 7 rings (SSSR count). The Bertz CT molecular complexity index is 1570. The molecular weight excluding hydrogens is 629 g/mol. The van der Waals surface area contributed by atoms with Crippen LogP contribution in [0.25, 0.3) is 5.57 Å². The Morgan fingerprint density at radius 1 is 0.898 bits per heavy atom. The number of carboxylic acid groups (broad SMARTS) is 1. The van der Waals surface area contributed by atoms with Gasteiger partial charge in [-0.25, -0.2) is 13.2 Å². The van der Waals surface area contributed by atoms with Gasteiger partial charge >= 0.3 is 5.97 Å². The number of nitrogens with zero attached hydrogens (tertiary/aromatic N) is 1. The lowest BCUT2D eigenvalue weighted by Gasteiger charge is -2.72. The molecule has 0 unspecified atom stereocenters. The zero-order valence-corrected chi connectivity index (χ0v) is 32.3. The number of hydrogen-bond donors (Lipinski definition) is 2. The molecule has 7 heteroatoms. The number of carbonyl (C=O) groups is 1. The summed E-state index contributed by atoms with van der Waals surface area (Å²) >= 11 is 0. The first-order chi connectivity index (χ1) is 23.0. The van der Waals surface area contributed by atoms with Crippen LogP contribution >= 0.6 is 0 Å². The first-order valence-corrected chi connectivity index (χ1v) is 21.5. The second-order valence-corrected chi connectivity index (χ2v) is 21.4. The van der Waals surface area contributed by atoms with Gasteiger partial charge in [-0.2, -0.15) is 0 Å². The van der Waals surface area contributed by atoms with Crippen LogP contribution in [0.15, 0.2) is 30.3 Å². The molecular formula is C42H64N2O4S. The molecule has 0 bridgehead atoms. The predicted molar refractivity (Wildman–Crippen MR) is 199 cm³/mol. The Hall–Kier alpha value is -1.70. The highest BCUT2D eigenvalue weighted by Crippen LogP contribution is 2.76. The molecule has 2 N–H and O–H groups in total. The van der Waals surface area contributed by atoms with E-state index in [1.54, 1.807) is 12.1 Å². The monoisotopic (exact) mass is 692 g/mol. The van der Waals surface area contributed by atoms with Crippen LogP contribution in [0.4, 0.5) is 0 Å². The smallest absolute Gasteiger partial charge is 0.335 e. The summed E-state index contributed by atoms with van der Waals surface area (Å²) in [5.74, 6) is 3.94. The van der Waals surface area contributed by atoms with E-state index >= 15 is 0 Å². The third kappa shape index (κ3) is 5.52. The molecule has 1 aliphatic heterocycles. The molecule has 1 heterocycles. The van der Waals surface area contributed by atoms with Crippen molar-refractivity contribution in [3.63, 3.8) is 0 Å². The maximum Gasteiger partial charge on any atom is 0.335 e. The van der Waals surface area contributed by atoms with Gasteiger partial charge in [-0.05, 0) is 138 Å². The zero-order valence-electron chi connectivity index (χ0n) is 31.5. The van der Waals surface area contributed by atoms with E-state index in [1.165, 1.54) is 62.5 Å². The quantitative estimate of drug-likeness (QED) is 0.300. The lowest BCUT2D eigenvalue weighted by Crippen LogP contribution is -2.68. The lowest BCUT2D eigenvalue weighted by molar-refractivity contribution is -0.221. The largest absolute Gasteiger partial charge is 0.478 e. The molecule has 0 aromatic heterocycles. The molecule has 5 fully saturated rings. The summed E-state index contributed by atoms with van der Waals surface area (Å²) in [7, 11) is -2.85. The molecule has 4 saturated carbocycles. The van der Waals surface area contributed by atoms with Gasteiger partial charge in [0.2, 0.25) is 0 Å². The Kier molecular flexibility index (Phi) is 8.88. The van der Waals surface area contributed by atoms with Crippen molar-refractivity contribution in [1.29, 1.82) is 0 Å². The average Bonchev–Trinajstić information content (AvgIpc) is 3.42. The summed E-state index contributed by atoms with van der Waals surface area (Å²) in [6, 6.07) is 7.61. The van der Waals surface area contributed by atoms with Crippen molar-refractivity contribution < 1.29 is 18.3 Å². The van der Waals surface area contributed by atoms with Crippen molar-refractivity contribution in [2.45, 2.75) is 112 Å². The molecule has 1 aromatic rings. The Morgan fingerprint density at radius 3 is 2.24 bits per heavy atom. The van der Waals surface area contributed by atoms with Crippen molar-refractivity contribution in [2.24, 2.45) is 57.2 Å². The SMILES string of the molecule is CC(C)[C@@H]1CC[C@]2(NCCN3CCS(=O)(=O)CC3)CC[C@]3(C)[C@H](CC[C@@H]4[C@@]5(C)CC=C(c6ccc(C(=O)O)cc6)C(C)(C)[C@@H]5CC[C@]43C)[C@@H]12. The van der Waals surface area contributed by atoms with Crippen LogP contribution in [-0.2, 0) is 9.84 Å². The highest BCUT2D eigenvalue weighted by molar-refractivity contribution is 7.91. The van der Waals surface area contributed by atoms with E-state index in [2.05, 4.69) is 64.8 Å². The van der Waals surface area contributed by atoms with Crippen molar-refractivity contribution >= 4 is 21.4 Å². The summed E-state index contributed by atoms with van der Waals surface area (Å²) in [4.78, 5) is 13.9. The highest BCUT2D eigenvalue weighted by Gasteiger charge is 2.70. The summed E-state index contributed by atoms with van der Waals surface area (Å²) in [5, 5.41) is 13.7. The third-order valence-corrected chi connectivity index (χ3v) is 18.3. The number of sulfone groups is 1. The minimum Gasteiger partial charge on any atom is -0.478 e. The highest BCUT2D eigenvalue weighted by atomic mass is 32.2. The van der Waals surface area contributed by atoms with Crippen molar-refractivity contribution in [3.8, 4) is 0 Å². The summed E-state index contributed by atoms with van der Waals surface area (Å²) in [6.45, 7) is 21.3. The lowest BCUT2D eigenvalue weighted by atomic mass is 9.33. The standard InChI is InChI=1S/C42H64N2O4S/c1-28(2)31-14-19-42(43-22-23-44-24-26-49(47,48)27-25-44)21-20-40(6)33(36(31)42)12-13-35-39(5)17-15-32(29-8-10-30(11-9-29)37(45)46)38(3,4)34(39)16-18-41(35,40)7/h8-11,15,28,31,33-36,43H,12-14,16-27H2,1-7H3,(H,45,46)/t31-,33+,34-,35+,36+,39-,40+,41+,42-/m0/s1. The van der Waals surface area contributed by atoms with E-state index < -0.39 is 15.8 Å². The fourth-order valence-corrected chi connectivity index (χ4v) is 15.3. The van der Waals surface area contributed by atoms with E-state index in [0.717, 1.165) is 31.3 Å². The Morgan fingerprint density at radius 2 is 1.59 bits per heavy atom. The van der Waals surface area contributed by atoms with Crippen LogP contribution in [0.2, 0.25) is 0 Å². The third-order valence-electron chi connectivity index (χ3n) is 16.7. The fraction of sp³-hybridized carbons (Fsp3) is 0.786.